The van der Waals surface area contributed by atoms with Gasteiger partial charge in [-0.3, -0.25) is 9.48 Å². The van der Waals surface area contributed by atoms with Gasteiger partial charge in [0.1, 0.15) is 0 Å². The topological polar surface area (TPSA) is 46.9 Å². The number of halogens is 2. The van der Waals surface area contributed by atoms with Crippen LogP contribution >= 0.6 is 0 Å². The van der Waals surface area contributed by atoms with Gasteiger partial charge < -0.3 is 5.32 Å². The fourth-order valence-electron chi connectivity index (χ4n) is 3.24. The predicted molar refractivity (Wildman–Crippen MR) is 111 cm³/mol. The summed E-state index contributed by atoms with van der Waals surface area (Å²) in [7, 11) is 0. The maximum absolute atomic E-state index is 13.4. The summed E-state index contributed by atoms with van der Waals surface area (Å²) in [5.41, 5.74) is 4.15. The normalized spacial score (nSPS) is 10.7. The second-order valence-corrected chi connectivity index (χ2v) is 6.87. The van der Waals surface area contributed by atoms with Crippen LogP contribution in [0.25, 0.3) is 11.1 Å². The van der Waals surface area contributed by atoms with Crippen molar-refractivity contribution in [2.75, 3.05) is 0 Å². The summed E-state index contributed by atoms with van der Waals surface area (Å²) in [4.78, 5) is 12.3. The van der Waals surface area contributed by atoms with Crippen molar-refractivity contribution in [3.05, 3.63) is 114 Å². The Morgan fingerprint density at radius 3 is 2.47 bits per heavy atom. The van der Waals surface area contributed by atoms with Crippen molar-refractivity contribution in [3.63, 3.8) is 0 Å². The van der Waals surface area contributed by atoms with Crippen molar-refractivity contribution in [3.8, 4) is 11.1 Å². The number of nitrogens with one attached hydrogen (secondary N) is 1. The van der Waals surface area contributed by atoms with Crippen LogP contribution in [0, 0.1) is 11.6 Å². The van der Waals surface area contributed by atoms with E-state index in [0.29, 0.717) is 6.54 Å². The molecule has 0 unspecified atom stereocenters. The lowest BCUT2D eigenvalue weighted by Crippen LogP contribution is -2.23. The number of amides is 1. The van der Waals surface area contributed by atoms with Gasteiger partial charge in [0.25, 0.3) is 5.91 Å². The summed E-state index contributed by atoms with van der Waals surface area (Å²) in [6.45, 7) is 0.961. The van der Waals surface area contributed by atoms with E-state index in [9.17, 15) is 13.6 Å². The zero-order chi connectivity index (χ0) is 20.9. The lowest BCUT2D eigenvalue weighted by molar-refractivity contribution is 0.0950. The lowest BCUT2D eigenvalue weighted by atomic mass is 9.98. The average Bonchev–Trinajstić information content (AvgIpc) is 3.28. The number of hydrogen-bond donors (Lipinski definition) is 1. The van der Waals surface area contributed by atoms with Gasteiger partial charge in [-0.2, -0.15) is 5.10 Å². The molecule has 150 valence electrons. The molecule has 4 nitrogen and oxygen atoms in total. The lowest BCUT2D eigenvalue weighted by Gasteiger charge is -2.12. The quantitative estimate of drug-likeness (QED) is 0.502. The Hall–Kier alpha value is -3.80. The first-order chi connectivity index (χ1) is 14.6. The maximum atomic E-state index is 13.4. The molecule has 4 rings (SSSR count). The van der Waals surface area contributed by atoms with E-state index < -0.39 is 17.5 Å². The molecule has 1 amide bonds. The fourth-order valence-corrected chi connectivity index (χ4v) is 3.24. The van der Waals surface area contributed by atoms with Crippen LogP contribution in [0.4, 0.5) is 8.78 Å². The zero-order valence-corrected chi connectivity index (χ0v) is 16.1. The van der Waals surface area contributed by atoms with E-state index in [4.69, 9.17) is 0 Å². The highest BCUT2D eigenvalue weighted by Crippen LogP contribution is 2.24. The number of rotatable bonds is 6. The minimum Gasteiger partial charge on any atom is -0.348 e. The third-order valence-electron chi connectivity index (χ3n) is 4.81. The molecule has 0 aliphatic rings. The monoisotopic (exact) mass is 403 g/mol. The number of carbonyl (C=O) groups is 1. The van der Waals surface area contributed by atoms with Crippen molar-refractivity contribution in [1.82, 2.24) is 15.1 Å². The Labute approximate surface area is 172 Å². The van der Waals surface area contributed by atoms with Crippen LogP contribution in [0.15, 0.2) is 85.2 Å². The molecule has 0 spiro atoms. The highest BCUT2D eigenvalue weighted by atomic mass is 19.2. The second-order valence-electron chi connectivity index (χ2n) is 6.87. The number of benzene rings is 3. The molecule has 1 heterocycles. The highest BCUT2D eigenvalue weighted by molar-refractivity contribution is 5.94. The minimum absolute atomic E-state index is 0.0781. The van der Waals surface area contributed by atoms with Gasteiger partial charge in [-0.25, -0.2) is 8.78 Å². The van der Waals surface area contributed by atoms with Gasteiger partial charge in [-0.1, -0.05) is 48.5 Å². The van der Waals surface area contributed by atoms with Crippen molar-refractivity contribution < 1.29 is 13.6 Å². The summed E-state index contributed by atoms with van der Waals surface area (Å²) >= 11 is 0. The van der Waals surface area contributed by atoms with Crippen LogP contribution in [0.3, 0.4) is 0 Å². The molecule has 30 heavy (non-hydrogen) atoms. The summed E-state index contributed by atoms with van der Waals surface area (Å²) in [6, 6.07) is 20.9. The van der Waals surface area contributed by atoms with Crippen molar-refractivity contribution >= 4 is 5.91 Å². The molecular formula is C24H19F2N3O. The Kier molecular flexibility index (Phi) is 5.66. The van der Waals surface area contributed by atoms with Crippen LogP contribution in [0.5, 0.6) is 0 Å². The van der Waals surface area contributed by atoms with Gasteiger partial charge in [-0.15, -0.1) is 0 Å². The molecule has 0 aliphatic carbocycles. The van der Waals surface area contributed by atoms with Gasteiger partial charge in [0.15, 0.2) is 11.6 Å². The molecular weight excluding hydrogens is 384 g/mol. The Bertz CT molecular complexity index is 1160. The first-order valence-corrected chi connectivity index (χ1v) is 9.48. The van der Waals surface area contributed by atoms with E-state index in [1.54, 1.807) is 6.20 Å². The Morgan fingerprint density at radius 1 is 0.933 bits per heavy atom. The number of nitrogens with zero attached hydrogens (tertiary/aromatic N) is 2. The molecule has 0 radical (unpaired) electrons. The summed E-state index contributed by atoms with van der Waals surface area (Å²) in [5, 5.41) is 6.99. The van der Waals surface area contributed by atoms with E-state index in [1.807, 2.05) is 65.5 Å². The molecule has 6 heteroatoms. The van der Waals surface area contributed by atoms with E-state index in [1.165, 1.54) is 6.07 Å². The molecule has 1 aromatic heterocycles. The van der Waals surface area contributed by atoms with Gasteiger partial charge in [0.2, 0.25) is 0 Å². The highest BCUT2D eigenvalue weighted by Gasteiger charge is 2.11. The molecule has 4 aromatic rings. The smallest absolute Gasteiger partial charge is 0.251 e. The molecule has 0 atom stereocenters. The van der Waals surface area contributed by atoms with Crippen molar-refractivity contribution in [2.24, 2.45) is 0 Å². The fraction of sp³-hybridized carbons (Fsp3) is 0.0833. The number of carbonyl (C=O) groups excluding carboxylic acids is 1. The van der Waals surface area contributed by atoms with Gasteiger partial charge in [-0.05, 0) is 46.5 Å². The SMILES string of the molecule is O=C(NCc1ccccc1-c1ccc(Cn2cccn2)cc1)c1ccc(F)c(F)c1. The summed E-state index contributed by atoms with van der Waals surface area (Å²) in [6.07, 6.45) is 3.66. The molecule has 0 fully saturated rings. The van der Waals surface area contributed by atoms with Crippen molar-refractivity contribution in [1.29, 1.82) is 0 Å². The van der Waals surface area contributed by atoms with Gasteiger partial charge in [0.05, 0.1) is 6.54 Å². The number of aromatic nitrogens is 2. The van der Waals surface area contributed by atoms with E-state index in [0.717, 1.165) is 34.4 Å². The van der Waals surface area contributed by atoms with Crippen LogP contribution in [0.2, 0.25) is 0 Å². The number of hydrogen-bond acceptors (Lipinski definition) is 2. The van der Waals surface area contributed by atoms with Crippen LogP contribution < -0.4 is 5.32 Å². The summed E-state index contributed by atoms with van der Waals surface area (Å²) < 4.78 is 28.3. The molecule has 3 aromatic carbocycles. The predicted octanol–water partition coefficient (Wildman–Crippen LogP) is 4.81. The first kappa shape index (κ1) is 19.5. The third-order valence-corrected chi connectivity index (χ3v) is 4.81. The summed E-state index contributed by atoms with van der Waals surface area (Å²) in [5.74, 6) is -2.48. The van der Waals surface area contributed by atoms with Crippen LogP contribution in [0.1, 0.15) is 21.5 Å². The first-order valence-electron chi connectivity index (χ1n) is 9.48. The Balaban J connectivity index is 1.48. The van der Waals surface area contributed by atoms with E-state index >= 15 is 0 Å². The molecule has 0 saturated heterocycles. The Morgan fingerprint density at radius 2 is 1.73 bits per heavy atom. The third kappa shape index (κ3) is 4.43. The largest absolute Gasteiger partial charge is 0.348 e. The molecule has 0 bridgehead atoms. The van der Waals surface area contributed by atoms with Crippen LogP contribution in [-0.4, -0.2) is 15.7 Å². The maximum Gasteiger partial charge on any atom is 0.251 e. The molecule has 0 saturated carbocycles. The van der Waals surface area contributed by atoms with E-state index in [-0.39, 0.29) is 12.1 Å². The molecule has 1 N–H and O–H groups in total. The standard InChI is InChI=1S/C24H19F2N3O/c25-22-11-10-19(14-23(22)26)24(30)27-15-20-4-1-2-5-21(20)18-8-6-17(7-9-18)16-29-13-3-12-28-29/h1-14H,15-16H2,(H,27,30). The van der Waals surface area contributed by atoms with Gasteiger partial charge >= 0.3 is 0 Å². The van der Waals surface area contributed by atoms with Crippen LogP contribution in [-0.2, 0) is 13.1 Å². The minimum atomic E-state index is -1.04. The van der Waals surface area contributed by atoms with Gasteiger partial charge in [0, 0.05) is 24.5 Å². The second kappa shape index (κ2) is 8.69. The van der Waals surface area contributed by atoms with E-state index in [2.05, 4.69) is 10.4 Å². The zero-order valence-electron chi connectivity index (χ0n) is 16.1. The molecule has 0 aliphatic heterocycles. The van der Waals surface area contributed by atoms with Crippen molar-refractivity contribution in [2.45, 2.75) is 13.1 Å². The average molecular weight is 403 g/mol.